The van der Waals surface area contributed by atoms with E-state index >= 15 is 0 Å². The maximum atomic E-state index is 12.3. The molecule has 0 fully saturated rings. The summed E-state index contributed by atoms with van der Waals surface area (Å²) < 4.78 is 29.6. The first kappa shape index (κ1) is 15.8. The van der Waals surface area contributed by atoms with Crippen LogP contribution in [0.5, 0.6) is 11.5 Å². The average molecular weight is 320 g/mol. The van der Waals surface area contributed by atoms with Gasteiger partial charge in [0, 0.05) is 0 Å². The van der Waals surface area contributed by atoms with Gasteiger partial charge in [0.05, 0.1) is 13.3 Å². The summed E-state index contributed by atoms with van der Waals surface area (Å²) >= 11 is 0. The third-order valence-electron chi connectivity index (χ3n) is 2.87. The van der Waals surface area contributed by atoms with Gasteiger partial charge in [-0.1, -0.05) is 18.2 Å². The number of rotatable bonds is 5. The maximum absolute atomic E-state index is 12.3. The van der Waals surface area contributed by atoms with E-state index in [1.165, 1.54) is 31.5 Å². The number of nitrogens with one attached hydrogen (secondary N) is 1. The fraction of sp³-hybridized carbons (Fsp3) is 0.133. The second-order valence-corrected chi connectivity index (χ2v) is 6.23. The molecule has 116 valence electrons. The topological polar surface area (TPSA) is 88.0 Å². The molecule has 0 saturated carbocycles. The fourth-order valence-electron chi connectivity index (χ4n) is 1.82. The van der Waals surface area contributed by atoms with E-state index in [4.69, 9.17) is 4.74 Å². The summed E-state index contributed by atoms with van der Waals surface area (Å²) in [5, 5.41) is 13.0. The van der Waals surface area contributed by atoms with Crippen molar-refractivity contribution in [1.29, 1.82) is 0 Å². The van der Waals surface area contributed by atoms with Crippen molar-refractivity contribution in [3.63, 3.8) is 0 Å². The predicted octanol–water partition coefficient (Wildman–Crippen LogP) is 2.02. The Hall–Kier alpha value is -2.54. The van der Waals surface area contributed by atoms with Crippen LogP contribution < -0.4 is 9.57 Å². The van der Waals surface area contributed by atoms with Crippen LogP contribution in [0.15, 0.2) is 52.5 Å². The number of phenolic OH excluding ortho intramolecular Hbond substituents is 1. The Bertz CT molecular complexity index is 801. The largest absolute Gasteiger partial charge is 0.508 e. The first-order valence-corrected chi connectivity index (χ1v) is 7.89. The van der Waals surface area contributed by atoms with Crippen molar-refractivity contribution in [2.45, 2.75) is 11.8 Å². The third kappa shape index (κ3) is 3.76. The van der Waals surface area contributed by atoms with Crippen LogP contribution in [0.4, 0.5) is 0 Å². The van der Waals surface area contributed by atoms with Gasteiger partial charge in [0.2, 0.25) is 0 Å². The first-order chi connectivity index (χ1) is 10.4. The highest BCUT2D eigenvalue weighted by Gasteiger charge is 2.18. The van der Waals surface area contributed by atoms with Crippen LogP contribution in [0.3, 0.4) is 0 Å². The van der Waals surface area contributed by atoms with Crippen LogP contribution in [-0.2, 0) is 10.0 Å². The molecule has 0 aromatic heterocycles. The van der Waals surface area contributed by atoms with Gasteiger partial charge in [-0.2, -0.15) is 18.4 Å². The van der Waals surface area contributed by atoms with Gasteiger partial charge in [-0.05, 0) is 42.3 Å². The van der Waals surface area contributed by atoms with Crippen molar-refractivity contribution in [2.75, 3.05) is 7.11 Å². The van der Waals surface area contributed by atoms with Crippen molar-refractivity contribution in [1.82, 2.24) is 4.83 Å². The van der Waals surface area contributed by atoms with Gasteiger partial charge >= 0.3 is 0 Å². The van der Waals surface area contributed by atoms with Crippen molar-refractivity contribution < 1.29 is 18.3 Å². The summed E-state index contributed by atoms with van der Waals surface area (Å²) in [6.45, 7) is 1.79. The molecule has 22 heavy (non-hydrogen) atoms. The van der Waals surface area contributed by atoms with E-state index in [1.807, 2.05) is 0 Å². The molecule has 2 aromatic carbocycles. The molecule has 2 aromatic rings. The Morgan fingerprint density at radius 3 is 2.68 bits per heavy atom. The minimum absolute atomic E-state index is 0.0167. The quantitative estimate of drug-likeness (QED) is 0.652. The lowest BCUT2D eigenvalue weighted by Crippen LogP contribution is -2.19. The Kier molecular flexibility index (Phi) is 4.67. The number of sulfonamides is 1. The summed E-state index contributed by atoms with van der Waals surface area (Å²) in [6.07, 6.45) is 1.31. The minimum atomic E-state index is -3.84. The Balaban J connectivity index is 2.23. The van der Waals surface area contributed by atoms with Crippen LogP contribution in [0.1, 0.15) is 11.1 Å². The normalized spacial score (nSPS) is 11.5. The maximum Gasteiger partial charge on any atom is 0.280 e. The van der Waals surface area contributed by atoms with E-state index in [0.717, 1.165) is 5.56 Å². The molecule has 0 heterocycles. The molecule has 0 aliphatic rings. The zero-order valence-corrected chi connectivity index (χ0v) is 13.0. The van der Waals surface area contributed by atoms with Gasteiger partial charge in [0.15, 0.2) is 0 Å². The van der Waals surface area contributed by atoms with Crippen molar-refractivity contribution in [2.24, 2.45) is 5.10 Å². The van der Waals surface area contributed by atoms with E-state index in [9.17, 15) is 13.5 Å². The molecule has 0 aliphatic carbocycles. The van der Waals surface area contributed by atoms with Gasteiger partial charge in [-0.25, -0.2) is 0 Å². The SMILES string of the molecule is COc1ccc(C)cc1S(=O)(=O)N/N=C/c1cccc(O)c1. The highest BCUT2D eigenvalue weighted by atomic mass is 32.2. The summed E-state index contributed by atoms with van der Waals surface area (Å²) in [7, 11) is -2.44. The molecule has 2 N–H and O–H groups in total. The number of ether oxygens (including phenoxy) is 1. The predicted molar refractivity (Wildman–Crippen MR) is 83.8 cm³/mol. The van der Waals surface area contributed by atoms with E-state index in [-0.39, 0.29) is 16.4 Å². The Morgan fingerprint density at radius 1 is 1.23 bits per heavy atom. The summed E-state index contributed by atoms with van der Waals surface area (Å²) in [5.41, 5.74) is 1.36. The van der Waals surface area contributed by atoms with Gasteiger partial charge in [0.1, 0.15) is 16.4 Å². The van der Waals surface area contributed by atoms with Crippen LogP contribution >= 0.6 is 0 Å². The molecule has 2 rings (SSSR count). The molecule has 0 saturated heterocycles. The zero-order chi connectivity index (χ0) is 16.2. The van der Waals surface area contributed by atoms with E-state index < -0.39 is 10.0 Å². The fourth-order valence-corrected chi connectivity index (χ4v) is 2.87. The van der Waals surface area contributed by atoms with E-state index in [2.05, 4.69) is 9.93 Å². The molecular formula is C15H16N2O4S. The Labute approximate surface area is 129 Å². The number of hydrazone groups is 1. The number of methoxy groups -OCH3 is 1. The molecule has 0 spiro atoms. The van der Waals surface area contributed by atoms with Crippen molar-refractivity contribution in [3.05, 3.63) is 53.6 Å². The lowest BCUT2D eigenvalue weighted by Gasteiger charge is -2.09. The second kappa shape index (κ2) is 6.48. The smallest absolute Gasteiger partial charge is 0.280 e. The first-order valence-electron chi connectivity index (χ1n) is 6.41. The molecule has 0 radical (unpaired) electrons. The molecular weight excluding hydrogens is 304 g/mol. The third-order valence-corrected chi connectivity index (χ3v) is 4.11. The Morgan fingerprint density at radius 2 is 2.00 bits per heavy atom. The van der Waals surface area contributed by atoms with Gasteiger partial charge in [0.25, 0.3) is 10.0 Å². The number of hydrogen-bond acceptors (Lipinski definition) is 5. The summed E-state index contributed by atoms with van der Waals surface area (Å²) in [5.74, 6) is 0.317. The van der Waals surface area contributed by atoms with E-state index in [0.29, 0.717) is 5.56 Å². The molecule has 0 unspecified atom stereocenters. The van der Waals surface area contributed by atoms with Crippen LogP contribution in [-0.4, -0.2) is 26.8 Å². The standard InChI is InChI=1S/C15H16N2O4S/c1-11-6-7-14(21-2)15(8-11)22(19,20)17-16-10-12-4-3-5-13(18)9-12/h3-10,17-18H,1-2H3/b16-10+. The van der Waals surface area contributed by atoms with Crippen LogP contribution in [0.25, 0.3) is 0 Å². The molecule has 0 aliphatic heterocycles. The van der Waals surface area contributed by atoms with Crippen molar-refractivity contribution >= 4 is 16.2 Å². The molecule has 0 atom stereocenters. The summed E-state index contributed by atoms with van der Waals surface area (Å²) in [6, 6.07) is 11.1. The minimum Gasteiger partial charge on any atom is -0.508 e. The van der Waals surface area contributed by atoms with Gasteiger partial charge in [-0.3, -0.25) is 0 Å². The number of phenols is 1. The van der Waals surface area contributed by atoms with Crippen molar-refractivity contribution in [3.8, 4) is 11.5 Å². The molecule has 6 nitrogen and oxygen atoms in total. The lowest BCUT2D eigenvalue weighted by molar-refractivity contribution is 0.402. The summed E-state index contributed by atoms with van der Waals surface area (Å²) in [4.78, 5) is 2.14. The van der Waals surface area contributed by atoms with Gasteiger partial charge in [-0.15, -0.1) is 0 Å². The average Bonchev–Trinajstić information content (AvgIpc) is 2.47. The number of benzene rings is 2. The second-order valence-electron chi connectivity index (χ2n) is 4.60. The highest BCUT2D eigenvalue weighted by molar-refractivity contribution is 7.89. The molecule has 0 amide bonds. The van der Waals surface area contributed by atoms with E-state index in [1.54, 1.807) is 31.2 Å². The number of nitrogens with zero attached hydrogens (tertiary/aromatic N) is 1. The number of aromatic hydroxyl groups is 1. The molecule has 7 heteroatoms. The van der Waals surface area contributed by atoms with Gasteiger partial charge < -0.3 is 9.84 Å². The monoisotopic (exact) mass is 320 g/mol. The van der Waals surface area contributed by atoms with Crippen LogP contribution in [0.2, 0.25) is 0 Å². The lowest BCUT2D eigenvalue weighted by atomic mass is 10.2. The van der Waals surface area contributed by atoms with Crippen LogP contribution in [0, 0.1) is 6.92 Å². The highest BCUT2D eigenvalue weighted by Crippen LogP contribution is 2.24. The zero-order valence-electron chi connectivity index (χ0n) is 12.1. The number of hydrogen-bond donors (Lipinski definition) is 2. The molecule has 0 bridgehead atoms. The number of aryl methyl sites for hydroxylation is 1.